The minimum absolute atomic E-state index is 0.0954. The van der Waals surface area contributed by atoms with E-state index >= 15 is 0 Å². The fraction of sp³-hybridized carbons (Fsp3) is 0.318. The highest BCUT2D eigenvalue weighted by atomic mass is 16.4. The Balaban J connectivity index is 1.76. The van der Waals surface area contributed by atoms with Crippen molar-refractivity contribution in [3.05, 3.63) is 75.7 Å². The number of azide groups is 1. The van der Waals surface area contributed by atoms with Crippen LogP contribution in [0.25, 0.3) is 10.4 Å². The summed E-state index contributed by atoms with van der Waals surface area (Å²) in [5.41, 5.74) is 12.3. The van der Waals surface area contributed by atoms with Crippen molar-refractivity contribution in [2.75, 3.05) is 13.1 Å². The first kappa shape index (κ1) is 19.5. The Hall–Kier alpha value is -3.26. The maximum Gasteiger partial charge on any atom is 0.303 e. The minimum Gasteiger partial charge on any atom is -0.481 e. The molecule has 6 heteroatoms. The van der Waals surface area contributed by atoms with E-state index in [-0.39, 0.29) is 18.3 Å². The average molecular weight is 374 g/mol. The van der Waals surface area contributed by atoms with E-state index in [9.17, 15) is 9.90 Å². The van der Waals surface area contributed by atoms with Crippen LogP contribution in [0.4, 0.5) is 5.69 Å². The highest BCUT2D eigenvalue weighted by molar-refractivity contribution is 5.67. The summed E-state index contributed by atoms with van der Waals surface area (Å²) >= 11 is 0. The zero-order valence-electron chi connectivity index (χ0n) is 15.5. The molecule has 0 saturated carbocycles. The van der Waals surface area contributed by atoms with Crippen LogP contribution >= 0.6 is 0 Å². The van der Waals surface area contributed by atoms with Gasteiger partial charge in [-0.1, -0.05) is 47.4 Å². The Kier molecular flexibility index (Phi) is 6.33. The molecular weight excluding hydrogens is 352 g/mol. The van der Waals surface area contributed by atoms with Gasteiger partial charge in [0.2, 0.25) is 0 Å². The predicted molar refractivity (Wildman–Crippen MR) is 108 cm³/mol. The van der Waals surface area contributed by atoms with Crippen LogP contribution in [0.3, 0.4) is 0 Å². The number of piperidine rings is 1. The molecule has 0 bridgehead atoms. The molecular formula is C22H22N4O2. The third kappa shape index (κ3) is 5.14. The van der Waals surface area contributed by atoms with Crippen LogP contribution in [0.5, 0.6) is 0 Å². The summed E-state index contributed by atoms with van der Waals surface area (Å²) in [6.45, 7) is 2.37. The number of carbonyl (C=O) groups is 1. The van der Waals surface area contributed by atoms with Gasteiger partial charge in [0.05, 0.1) is 0 Å². The van der Waals surface area contributed by atoms with Gasteiger partial charge in [-0.05, 0) is 47.0 Å². The normalized spacial score (nSPS) is 19.4. The van der Waals surface area contributed by atoms with Crippen molar-refractivity contribution in [1.29, 1.82) is 0 Å². The van der Waals surface area contributed by atoms with E-state index in [1.807, 2.05) is 36.4 Å². The fourth-order valence-corrected chi connectivity index (χ4v) is 3.90. The van der Waals surface area contributed by atoms with Crippen molar-refractivity contribution in [2.24, 2.45) is 11.0 Å². The van der Waals surface area contributed by atoms with Crippen LogP contribution in [0.15, 0.2) is 53.6 Å². The maximum atomic E-state index is 11.3. The van der Waals surface area contributed by atoms with Gasteiger partial charge in [-0.3, -0.25) is 9.69 Å². The second kappa shape index (κ2) is 9.09. The van der Waals surface area contributed by atoms with E-state index < -0.39 is 5.97 Å². The van der Waals surface area contributed by atoms with E-state index in [1.165, 1.54) is 0 Å². The molecule has 142 valence electrons. The van der Waals surface area contributed by atoms with Crippen molar-refractivity contribution < 1.29 is 9.90 Å². The van der Waals surface area contributed by atoms with Crippen LogP contribution in [0.2, 0.25) is 0 Å². The number of hydrogen-bond donors (Lipinski definition) is 1. The van der Waals surface area contributed by atoms with Crippen LogP contribution in [-0.4, -0.2) is 29.1 Å². The van der Waals surface area contributed by atoms with Gasteiger partial charge in [-0.25, -0.2) is 0 Å². The van der Waals surface area contributed by atoms with Crippen molar-refractivity contribution in [2.45, 2.75) is 25.3 Å². The molecule has 28 heavy (non-hydrogen) atoms. The van der Waals surface area contributed by atoms with Crippen molar-refractivity contribution in [1.82, 2.24) is 4.90 Å². The molecule has 0 unspecified atom stereocenters. The number of carboxylic acid groups (broad SMARTS) is 1. The molecule has 1 N–H and O–H groups in total. The predicted octanol–water partition coefficient (Wildman–Crippen LogP) is 4.69. The zero-order valence-corrected chi connectivity index (χ0v) is 15.5. The molecule has 6 nitrogen and oxygen atoms in total. The molecule has 1 aliphatic rings. The Morgan fingerprint density at radius 1 is 1.21 bits per heavy atom. The van der Waals surface area contributed by atoms with Gasteiger partial charge >= 0.3 is 5.97 Å². The summed E-state index contributed by atoms with van der Waals surface area (Å²) in [7, 11) is 0. The van der Waals surface area contributed by atoms with Gasteiger partial charge in [-0.15, -0.1) is 6.42 Å². The van der Waals surface area contributed by atoms with Crippen LogP contribution in [-0.2, 0) is 11.3 Å². The molecule has 2 atom stereocenters. The van der Waals surface area contributed by atoms with Crippen LogP contribution in [0.1, 0.15) is 35.4 Å². The van der Waals surface area contributed by atoms with Crippen LogP contribution in [0, 0.1) is 18.3 Å². The Morgan fingerprint density at radius 3 is 2.54 bits per heavy atom. The molecule has 2 aromatic rings. The van der Waals surface area contributed by atoms with Crippen molar-refractivity contribution in [3.8, 4) is 12.3 Å². The number of rotatable bonds is 6. The van der Waals surface area contributed by atoms with E-state index in [2.05, 4.69) is 20.8 Å². The van der Waals surface area contributed by atoms with E-state index in [4.69, 9.17) is 12.0 Å². The third-order valence-corrected chi connectivity index (χ3v) is 5.13. The summed E-state index contributed by atoms with van der Waals surface area (Å²) in [5.74, 6) is 2.19. The third-order valence-electron chi connectivity index (χ3n) is 5.13. The number of likely N-dealkylation sites (tertiary alicyclic amines) is 1. The number of aliphatic carboxylic acids is 1. The van der Waals surface area contributed by atoms with E-state index in [1.54, 1.807) is 12.1 Å². The monoisotopic (exact) mass is 374 g/mol. The average Bonchev–Trinajstić information content (AvgIpc) is 2.69. The maximum absolute atomic E-state index is 11.3. The molecule has 0 spiro atoms. The summed E-state index contributed by atoms with van der Waals surface area (Å²) in [6, 6.07) is 15.5. The molecule has 1 saturated heterocycles. The highest BCUT2D eigenvalue weighted by Crippen LogP contribution is 2.33. The topological polar surface area (TPSA) is 89.3 Å². The van der Waals surface area contributed by atoms with Gasteiger partial charge in [0, 0.05) is 42.2 Å². The summed E-state index contributed by atoms with van der Waals surface area (Å²) < 4.78 is 0. The molecule has 0 aromatic heterocycles. The standard InChI is InChI=1S/C22H22N4O2/c1-2-16-3-5-17(6-4-16)13-26-14-18(12-22(27)28)11-20(15-26)19-7-9-21(10-8-19)24-25-23/h1,3-10,18,20H,11-15H2,(H,27,28)/t18-,20+/m0/s1. The smallest absolute Gasteiger partial charge is 0.303 e. The van der Waals surface area contributed by atoms with Gasteiger partial charge < -0.3 is 5.11 Å². The molecule has 2 aromatic carbocycles. The van der Waals surface area contributed by atoms with Crippen LogP contribution < -0.4 is 0 Å². The SMILES string of the molecule is C#Cc1ccc(CN2C[C@H](CC(=O)O)C[C@@H](c3ccc(N=[N+]=[N-])cc3)C2)cc1. The molecule has 0 amide bonds. The number of nitrogens with zero attached hydrogens (tertiary/aromatic N) is 4. The van der Waals surface area contributed by atoms with Crippen molar-refractivity contribution >= 4 is 11.7 Å². The van der Waals surface area contributed by atoms with Gasteiger partial charge in [0.15, 0.2) is 0 Å². The van der Waals surface area contributed by atoms with Gasteiger partial charge in [0.1, 0.15) is 0 Å². The quantitative estimate of drug-likeness (QED) is 0.344. The second-order valence-corrected chi connectivity index (χ2v) is 7.21. The lowest BCUT2D eigenvalue weighted by molar-refractivity contribution is -0.138. The largest absolute Gasteiger partial charge is 0.481 e. The first-order valence-corrected chi connectivity index (χ1v) is 9.22. The minimum atomic E-state index is -0.761. The highest BCUT2D eigenvalue weighted by Gasteiger charge is 2.29. The fourth-order valence-electron chi connectivity index (χ4n) is 3.90. The Bertz CT molecular complexity index is 909. The van der Waals surface area contributed by atoms with E-state index in [0.29, 0.717) is 5.69 Å². The molecule has 0 radical (unpaired) electrons. The van der Waals surface area contributed by atoms with Gasteiger partial charge in [-0.2, -0.15) is 0 Å². The number of hydrogen-bond acceptors (Lipinski definition) is 3. The molecule has 1 heterocycles. The van der Waals surface area contributed by atoms with Gasteiger partial charge in [0.25, 0.3) is 0 Å². The number of benzene rings is 2. The van der Waals surface area contributed by atoms with Crippen molar-refractivity contribution in [3.63, 3.8) is 0 Å². The van der Waals surface area contributed by atoms with E-state index in [0.717, 1.165) is 42.7 Å². The summed E-state index contributed by atoms with van der Waals surface area (Å²) in [5, 5.41) is 12.9. The lowest BCUT2D eigenvalue weighted by Crippen LogP contribution is -2.39. The first-order chi connectivity index (χ1) is 13.6. The summed E-state index contributed by atoms with van der Waals surface area (Å²) in [6.07, 6.45) is 6.42. The second-order valence-electron chi connectivity index (χ2n) is 7.21. The lowest BCUT2D eigenvalue weighted by atomic mass is 9.83. The first-order valence-electron chi connectivity index (χ1n) is 9.22. The zero-order chi connectivity index (χ0) is 19.9. The molecule has 1 aliphatic heterocycles. The lowest BCUT2D eigenvalue weighted by Gasteiger charge is -2.37. The number of terminal acetylenes is 1. The molecule has 3 rings (SSSR count). The molecule has 1 fully saturated rings. The Labute approximate surface area is 164 Å². The molecule has 0 aliphatic carbocycles. The summed E-state index contributed by atoms with van der Waals surface area (Å²) in [4.78, 5) is 16.4. The Morgan fingerprint density at radius 2 is 1.93 bits per heavy atom. The number of carboxylic acids is 1.